The number of hydrogen-bond donors (Lipinski definition) is 0. The third-order valence-corrected chi connectivity index (χ3v) is 3.74. The van der Waals surface area contributed by atoms with Gasteiger partial charge in [0.25, 0.3) is 0 Å². The normalized spacial score (nSPS) is 20.9. The molecule has 19 heavy (non-hydrogen) atoms. The minimum absolute atomic E-state index is 0.0624. The van der Waals surface area contributed by atoms with Crippen LogP contribution in [0.5, 0.6) is 5.75 Å². The van der Waals surface area contributed by atoms with Gasteiger partial charge in [-0.2, -0.15) is 0 Å². The van der Waals surface area contributed by atoms with Crippen LogP contribution in [-0.4, -0.2) is 19.7 Å². The molecule has 1 fully saturated rings. The van der Waals surface area contributed by atoms with E-state index in [1.807, 2.05) is 24.3 Å². The largest absolute Gasteiger partial charge is 0.497 e. The molecule has 0 radical (unpaired) electrons. The molecule has 0 spiro atoms. The monoisotopic (exact) mass is 262 g/mol. The van der Waals surface area contributed by atoms with E-state index in [9.17, 15) is 4.79 Å². The minimum atomic E-state index is -0.0624. The van der Waals surface area contributed by atoms with Gasteiger partial charge in [0.05, 0.1) is 13.7 Å². The van der Waals surface area contributed by atoms with E-state index >= 15 is 0 Å². The number of aryl methyl sites for hydroxylation is 1. The first-order valence-electron chi connectivity index (χ1n) is 6.97. The summed E-state index contributed by atoms with van der Waals surface area (Å²) in [6, 6.07) is 7.97. The van der Waals surface area contributed by atoms with Crippen molar-refractivity contribution < 1.29 is 14.3 Å². The fourth-order valence-electron chi connectivity index (χ4n) is 2.13. The van der Waals surface area contributed by atoms with Crippen LogP contribution in [-0.2, 0) is 16.0 Å². The van der Waals surface area contributed by atoms with E-state index < -0.39 is 0 Å². The van der Waals surface area contributed by atoms with Crippen LogP contribution in [0.25, 0.3) is 0 Å². The Labute approximate surface area is 114 Å². The topological polar surface area (TPSA) is 35.5 Å². The number of rotatable bonds is 7. The summed E-state index contributed by atoms with van der Waals surface area (Å²) >= 11 is 0. The van der Waals surface area contributed by atoms with E-state index in [4.69, 9.17) is 9.47 Å². The molecule has 1 aromatic rings. The molecular formula is C16H22O3. The maximum absolute atomic E-state index is 11.5. The molecule has 0 amide bonds. The van der Waals surface area contributed by atoms with Gasteiger partial charge in [0.15, 0.2) is 0 Å². The molecule has 104 valence electrons. The van der Waals surface area contributed by atoms with Gasteiger partial charge in [0.1, 0.15) is 5.75 Å². The molecule has 2 unspecified atom stereocenters. The first-order chi connectivity index (χ1) is 9.19. The fourth-order valence-corrected chi connectivity index (χ4v) is 2.13. The van der Waals surface area contributed by atoms with Gasteiger partial charge in [-0.3, -0.25) is 4.79 Å². The van der Waals surface area contributed by atoms with Crippen molar-refractivity contribution in [1.82, 2.24) is 0 Å². The van der Waals surface area contributed by atoms with E-state index in [-0.39, 0.29) is 5.97 Å². The Morgan fingerprint density at radius 1 is 1.32 bits per heavy atom. The number of carbonyl (C=O) groups excluding carboxylic acids is 1. The van der Waals surface area contributed by atoms with Gasteiger partial charge in [0.2, 0.25) is 0 Å². The first kappa shape index (κ1) is 13.9. The third kappa shape index (κ3) is 4.58. The second-order valence-corrected chi connectivity index (χ2v) is 5.36. The fraction of sp³-hybridized carbons (Fsp3) is 0.562. The molecule has 1 aliphatic rings. The maximum atomic E-state index is 11.5. The highest BCUT2D eigenvalue weighted by molar-refractivity contribution is 5.69. The smallest absolute Gasteiger partial charge is 0.305 e. The molecule has 0 heterocycles. The van der Waals surface area contributed by atoms with Crippen molar-refractivity contribution >= 4 is 5.97 Å². The molecule has 1 aliphatic carbocycles. The van der Waals surface area contributed by atoms with Gasteiger partial charge in [0, 0.05) is 6.42 Å². The highest BCUT2D eigenvalue weighted by Gasteiger charge is 2.33. The van der Waals surface area contributed by atoms with E-state index in [1.165, 1.54) is 12.0 Å². The average molecular weight is 262 g/mol. The van der Waals surface area contributed by atoms with Crippen LogP contribution in [0, 0.1) is 11.8 Å². The zero-order valence-electron chi connectivity index (χ0n) is 11.7. The van der Waals surface area contributed by atoms with Crippen LogP contribution in [0.4, 0.5) is 0 Å². The summed E-state index contributed by atoms with van der Waals surface area (Å²) in [6.07, 6.45) is 3.45. The molecule has 1 aromatic carbocycles. The number of esters is 1. The Balaban J connectivity index is 1.60. The predicted octanol–water partition coefficient (Wildman–Crippen LogP) is 3.22. The average Bonchev–Trinajstić information content (AvgIpc) is 3.13. The van der Waals surface area contributed by atoms with Crippen LogP contribution >= 0.6 is 0 Å². The SMILES string of the molecule is COc1ccc(CCCC(=O)OCC2CC2C)cc1. The molecule has 3 heteroatoms. The number of carbonyl (C=O) groups is 1. The van der Waals surface area contributed by atoms with Gasteiger partial charge in [-0.1, -0.05) is 19.1 Å². The molecule has 2 rings (SSSR count). The van der Waals surface area contributed by atoms with Crippen LogP contribution in [0.3, 0.4) is 0 Å². The lowest BCUT2D eigenvalue weighted by Gasteiger charge is -2.05. The molecule has 0 aromatic heterocycles. The lowest BCUT2D eigenvalue weighted by atomic mass is 10.1. The number of methoxy groups -OCH3 is 1. The van der Waals surface area contributed by atoms with Gasteiger partial charge < -0.3 is 9.47 Å². The Morgan fingerprint density at radius 2 is 2.00 bits per heavy atom. The molecule has 0 N–H and O–H groups in total. The van der Waals surface area contributed by atoms with E-state index in [0.29, 0.717) is 18.9 Å². The Hall–Kier alpha value is -1.51. The van der Waals surface area contributed by atoms with E-state index in [0.717, 1.165) is 24.5 Å². The van der Waals surface area contributed by atoms with Crippen LogP contribution in [0.2, 0.25) is 0 Å². The van der Waals surface area contributed by atoms with Crippen molar-refractivity contribution in [3.8, 4) is 5.75 Å². The van der Waals surface area contributed by atoms with Gasteiger partial charge in [-0.15, -0.1) is 0 Å². The van der Waals surface area contributed by atoms with Crippen molar-refractivity contribution in [3.63, 3.8) is 0 Å². The highest BCUT2D eigenvalue weighted by atomic mass is 16.5. The predicted molar refractivity (Wildman–Crippen MR) is 74.2 cm³/mol. The molecule has 1 saturated carbocycles. The summed E-state index contributed by atoms with van der Waals surface area (Å²) in [4.78, 5) is 11.5. The summed E-state index contributed by atoms with van der Waals surface area (Å²) in [6.45, 7) is 2.81. The van der Waals surface area contributed by atoms with Gasteiger partial charge in [-0.25, -0.2) is 0 Å². The second-order valence-electron chi connectivity index (χ2n) is 5.36. The Kier molecular flexibility index (Phi) is 4.83. The van der Waals surface area contributed by atoms with Crippen LogP contribution < -0.4 is 4.74 Å². The number of benzene rings is 1. The molecule has 0 saturated heterocycles. The number of hydrogen-bond acceptors (Lipinski definition) is 3. The van der Waals surface area contributed by atoms with Gasteiger partial charge >= 0.3 is 5.97 Å². The van der Waals surface area contributed by atoms with Crippen molar-refractivity contribution in [2.75, 3.05) is 13.7 Å². The number of ether oxygens (including phenoxy) is 2. The summed E-state index contributed by atoms with van der Waals surface area (Å²) in [5.41, 5.74) is 1.23. The second kappa shape index (κ2) is 6.60. The van der Waals surface area contributed by atoms with Crippen molar-refractivity contribution in [1.29, 1.82) is 0 Å². The molecule has 2 atom stereocenters. The van der Waals surface area contributed by atoms with Crippen molar-refractivity contribution in [2.45, 2.75) is 32.6 Å². The van der Waals surface area contributed by atoms with E-state index in [1.54, 1.807) is 7.11 Å². The minimum Gasteiger partial charge on any atom is -0.497 e. The lowest BCUT2D eigenvalue weighted by molar-refractivity contribution is -0.144. The Bertz CT molecular complexity index is 411. The Morgan fingerprint density at radius 3 is 2.58 bits per heavy atom. The van der Waals surface area contributed by atoms with Gasteiger partial charge in [-0.05, 0) is 48.8 Å². The van der Waals surface area contributed by atoms with E-state index in [2.05, 4.69) is 6.92 Å². The summed E-state index contributed by atoms with van der Waals surface area (Å²) in [5, 5.41) is 0. The molecule has 3 nitrogen and oxygen atoms in total. The summed E-state index contributed by atoms with van der Waals surface area (Å²) in [5.74, 6) is 2.16. The van der Waals surface area contributed by atoms with Crippen molar-refractivity contribution in [3.05, 3.63) is 29.8 Å². The van der Waals surface area contributed by atoms with Crippen LogP contribution in [0.1, 0.15) is 31.7 Å². The summed E-state index contributed by atoms with van der Waals surface area (Å²) in [7, 11) is 1.66. The standard InChI is InChI=1S/C16H22O3/c1-12-10-14(12)11-19-16(17)5-3-4-13-6-8-15(18-2)9-7-13/h6-9,12,14H,3-5,10-11H2,1-2H3. The third-order valence-electron chi connectivity index (χ3n) is 3.74. The molecule has 0 aliphatic heterocycles. The molecule has 0 bridgehead atoms. The summed E-state index contributed by atoms with van der Waals surface area (Å²) < 4.78 is 10.4. The quantitative estimate of drug-likeness (QED) is 0.708. The zero-order valence-corrected chi connectivity index (χ0v) is 11.7. The first-order valence-corrected chi connectivity index (χ1v) is 6.97. The lowest BCUT2D eigenvalue weighted by Crippen LogP contribution is -2.07. The van der Waals surface area contributed by atoms with Crippen molar-refractivity contribution in [2.24, 2.45) is 11.8 Å². The zero-order chi connectivity index (χ0) is 13.7. The van der Waals surface area contributed by atoms with Crippen LogP contribution in [0.15, 0.2) is 24.3 Å². The molecular weight excluding hydrogens is 240 g/mol. The highest BCUT2D eigenvalue weighted by Crippen LogP contribution is 2.37. The maximum Gasteiger partial charge on any atom is 0.305 e.